The van der Waals surface area contributed by atoms with E-state index >= 15 is 0 Å². The van der Waals surface area contributed by atoms with E-state index in [2.05, 4.69) is 243 Å². The van der Waals surface area contributed by atoms with Crippen LogP contribution in [0.25, 0.3) is 72.0 Å². The molecule has 0 amide bonds. The van der Waals surface area contributed by atoms with Crippen LogP contribution in [-0.4, -0.2) is 4.57 Å². The zero-order chi connectivity index (χ0) is 39.3. The van der Waals surface area contributed by atoms with Crippen molar-refractivity contribution in [2.24, 2.45) is 0 Å². The molecule has 1 heteroatoms. The summed E-state index contributed by atoms with van der Waals surface area (Å²) in [7, 11) is 0. The van der Waals surface area contributed by atoms with Crippen LogP contribution < -0.4 is 0 Å². The van der Waals surface area contributed by atoms with Crippen molar-refractivity contribution in [3.05, 3.63) is 247 Å². The highest BCUT2D eigenvalue weighted by atomic mass is 15.0. The Balaban J connectivity index is 0.000000285. The maximum atomic E-state index is 2.37. The van der Waals surface area contributed by atoms with E-state index < -0.39 is 0 Å². The molecule has 0 saturated heterocycles. The Hall–Kier alpha value is -7.22. The molecule has 1 unspecified atom stereocenters. The second-order valence-electron chi connectivity index (χ2n) is 15.1. The first kappa shape index (κ1) is 36.4. The van der Waals surface area contributed by atoms with Crippen molar-refractivity contribution < 1.29 is 0 Å². The summed E-state index contributed by atoms with van der Waals surface area (Å²) >= 11 is 0. The van der Waals surface area contributed by atoms with Crippen molar-refractivity contribution in [2.75, 3.05) is 0 Å². The van der Waals surface area contributed by atoms with Crippen LogP contribution in [0.15, 0.2) is 231 Å². The van der Waals surface area contributed by atoms with Gasteiger partial charge in [0.05, 0.1) is 11.0 Å². The molecule has 0 spiro atoms. The molecule has 58 heavy (non-hydrogen) atoms. The van der Waals surface area contributed by atoms with Gasteiger partial charge in [-0.05, 0) is 99.0 Å². The number of nitrogens with zero attached hydrogens (tertiary/aromatic N) is 1. The quantitative estimate of drug-likeness (QED) is 0.153. The van der Waals surface area contributed by atoms with Crippen LogP contribution in [0.5, 0.6) is 0 Å². The molecule has 0 saturated carbocycles. The minimum atomic E-state index is 0.294. The summed E-state index contributed by atoms with van der Waals surface area (Å²) in [6.07, 6.45) is 0. The number of hydrogen-bond acceptors (Lipinski definition) is 0. The standard InChI is InChI=1S/C44H33N.C13H12/c1-31(32-22-24-34(25-23-32)33-12-4-2-5-13-33)35-14-10-15-36(28-35)37-16-11-17-38(29-37)39-26-27-44-42(30-39)41-20-8-9-21-43(41)45(44)40-18-6-3-7-19-40;1-11-7-9-13(10-8-11)12-5-3-2-4-6-12/h2-31H,1H3;2-10H,1H3. The molecule has 0 fully saturated rings. The van der Waals surface area contributed by atoms with Gasteiger partial charge in [-0.3, -0.25) is 0 Å². The maximum absolute atomic E-state index is 2.37. The van der Waals surface area contributed by atoms with Gasteiger partial charge in [0, 0.05) is 22.4 Å². The van der Waals surface area contributed by atoms with Crippen molar-refractivity contribution in [1.82, 2.24) is 4.57 Å². The second-order valence-corrected chi connectivity index (χ2v) is 15.1. The number of fused-ring (bicyclic) bond motifs is 3. The smallest absolute Gasteiger partial charge is 0.0541 e. The van der Waals surface area contributed by atoms with Gasteiger partial charge in [0.1, 0.15) is 0 Å². The molecule has 9 aromatic carbocycles. The van der Waals surface area contributed by atoms with Gasteiger partial charge in [0.2, 0.25) is 0 Å². The van der Waals surface area contributed by atoms with E-state index in [-0.39, 0.29) is 0 Å². The first-order valence-electron chi connectivity index (χ1n) is 20.2. The van der Waals surface area contributed by atoms with Crippen LogP contribution >= 0.6 is 0 Å². The number of aromatic nitrogens is 1. The highest BCUT2D eigenvalue weighted by Gasteiger charge is 2.14. The van der Waals surface area contributed by atoms with Gasteiger partial charge in [-0.25, -0.2) is 0 Å². The molecule has 10 aromatic rings. The molecule has 0 aliphatic heterocycles. The van der Waals surface area contributed by atoms with E-state index in [0.717, 1.165) is 0 Å². The van der Waals surface area contributed by atoms with Crippen LogP contribution in [0.1, 0.15) is 29.5 Å². The number of hydrogen-bond donors (Lipinski definition) is 0. The van der Waals surface area contributed by atoms with E-state index in [1.54, 1.807) is 0 Å². The number of rotatable bonds is 7. The Morgan fingerprint density at radius 3 is 1.40 bits per heavy atom. The van der Waals surface area contributed by atoms with Crippen LogP contribution in [0.2, 0.25) is 0 Å². The Labute approximate surface area is 342 Å². The third-order valence-corrected chi connectivity index (χ3v) is 11.3. The van der Waals surface area contributed by atoms with Crippen LogP contribution in [0.3, 0.4) is 0 Å². The Morgan fingerprint density at radius 1 is 0.310 bits per heavy atom. The molecule has 0 radical (unpaired) electrons. The SMILES string of the molecule is CC(c1ccc(-c2ccccc2)cc1)c1cccc(-c2cccc(-c3ccc4c(c3)c3ccccc3n4-c3ccccc3)c2)c1.Cc1ccc(-c2ccccc2)cc1. The van der Waals surface area contributed by atoms with Gasteiger partial charge in [0.15, 0.2) is 0 Å². The Bertz CT molecular complexity index is 2920. The highest BCUT2D eigenvalue weighted by Crippen LogP contribution is 2.36. The van der Waals surface area contributed by atoms with Crippen LogP contribution in [0, 0.1) is 6.92 Å². The highest BCUT2D eigenvalue weighted by molar-refractivity contribution is 6.10. The fourth-order valence-electron chi connectivity index (χ4n) is 8.04. The minimum absolute atomic E-state index is 0.294. The summed E-state index contributed by atoms with van der Waals surface area (Å²) in [6.45, 7) is 4.41. The van der Waals surface area contributed by atoms with E-state index in [1.165, 1.54) is 88.7 Å². The molecule has 1 atom stereocenters. The van der Waals surface area contributed by atoms with Gasteiger partial charge < -0.3 is 4.57 Å². The average Bonchev–Trinajstić information content (AvgIpc) is 3.64. The van der Waals surface area contributed by atoms with Crippen LogP contribution in [0.4, 0.5) is 0 Å². The largest absolute Gasteiger partial charge is 0.309 e. The molecular formula is C57H45N. The van der Waals surface area contributed by atoms with Crippen molar-refractivity contribution in [1.29, 1.82) is 0 Å². The monoisotopic (exact) mass is 743 g/mol. The van der Waals surface area contributed by atoms with Gasteiger partial charge >= 0.3 is 0 Å². The lowest BCUT2D eigenvalue weighted by Crippen LogP contribution is -1.96. The maximum Gasteiger partial charge on any atom is 0.0541 e. The molecule has 0 bridgehead atoms. The molecular weight excluding hydrogens is 699 g/mol. The van der Waals surface area contributed by atoms with Crippen molar-refractivity contribution in [3.8, 4) is 50.2 Å². The predicted molar refractivity (Wildman–Crippen MR) is 248 cm³/mol. The number of aryl methyl sites for hydroxylation is 1. The molecule has 1 aromatic heterocycles. The minimum Gasteiger partial charge on any atom is -0.309 e. The third kappa shape index (κ3) is 7.63. The van der Waals surface area contributed by atoms with Gasteiger partial charge in [-0.1, -0.05) is 207 Å². The Morgan fingerprint density at radius 2 is 0.759 bits per heavy atom. The van der Waals surface area contributed by atoms with Crippen molar-refractivity contribution in [2.45, 2.75) is 19.8 Å². The molecule has 278 valence electrons. The van der Waals surface area contributed by atoms with E-state index in [4.69, 9.17) is 0 Å². The van der Waals surface area contributed by atoms with Crippen molar-refractivity contribution in [3.63, 3.8) is 0 Å². The Kier molecular flexibility index (Phi) is 10.3. The fourth-order valence-corrected chi connectivity index (χ4v) is 8.04. The molecule has 0 aliphatic rings. The normalized spacial score (nSPS) is 11.6. The molecule has 0 N–H and O–H groups in total. The number of benzene rings is 9. The first-order chi connectivity index (χ1) is 28.6. The summed E-state index contributed by atoms with van der Waals surface area (Å²) in [6, 6.07) is 82.8. The molecule has 1 heterocycles. The van der Waals surface area contributed by atoms with Gasteiger partial charge in [-0.15, -0.1) is 0 Å². The average molecular weight is 744 g/mol. The number of para-hydroxylation sites is 2. The summed E-state index contributed by atoms with van der Waals surface area (Å²) in [4.78, 5) is 0. The third-order valence-electron chi connectivity index (χ3n) is 11.3. The lowest BCUT2D eigenvalue weighted by Gasteiger charge is -2.15. The molecule has 1 nitrogen and oxygen atoms in total. The summed E-state index contributed by atoms with van der Waals surface area (Å²) in [5, 5.41) is 2.54. The molecule has 0 aliphatic carbocycles. The zero-order valence-electron chi connectivity index (χ0n) is 33.0. The second kappa shape index (κ2) is 16.5. The van der Waals surface area contributed by atoms with E-state index in [0.29, 0.717) is 5.92 Å². The summed E-state index contributed by atoms with van der Waals surface area (Å²) < 4.78 is 2.37. The summed E-state index contributed by atoms with van der Waals surface area (Å²) in [5.41, 5.74) is 17.6. The lowest BCUT2D eigenvalue weighted by molar-refractivity contribution is 0.923. The van der Waals surface area contributed by atoms with E-state index in [9.17, 15) is 0 Å². The van der Waals surface area contributed by atoms with Crippen molar-refractivity contribution >= 4 is 21.8 Å². The van der Waals surface area contributed by atoms with Gasteiger partial charge in [-0.2, -0.15) is 0 Å². The topological polar surface area (TPSA) is 4.93 Å². The van der Waals surface area contributed by atoms with Crippen LogP contribution in [-0.2, 0) is 0 Å². The first-order valence-corrected chi connectivity index (χ1v) is 20.2. The fraction of sp³-hybridized carbons (Fsp3) is 0.0526. The summed E-state index contributed by atoms with van der Waals surface area (Å²) in [5.74, 6) is 0.294. The predicted octanol–water partition coefficient (Wildman–Crippen LogP) is 15.6. The lowest BCUT2D eigenvalue weighted by atomic mass is 9.89. The van der Waals surface area contributed by atoms with Gasteiger partial charge in [0.25, 0.3) is 0 Å². The molecule has 10 rings (SSSR count). The zero-order valence-corrected chi connectivity index (χ0v) is 33.0. The van der Waals surface area contributed by atoms with E-state index in [1.807, 2.05) is 6.07 Å².